The van der Waals surface area contributed by atoms with Gasteiger partial charge in [-0.2, -0.15) is 0 Å². The number of aromatic nitrogens is 1. The highest BCUT2D eigenvalue weighted by Gasteiger charge is 2.22. The van der Waals surface area contributed by atoms with Gasteiger partial charge < -0.3 is 15.2 Å². The minimum atomic E-state index is -1.22. The van der Waals surface area contributed by atoms with Crippen LogP contribution in [0.25, 0.3) is 0 Å². The first-order chi connectivity index (χ1) is 11.0. The van der Waals surface area contributed by atoms with E-state index in [9.17, 15) is 19.7 Å². The fourth-order valence-corrected chi connectivity index (χ4v) is 3.50. The summed E-state index contributed by atoms with van der Waals surface area (Å²) in [4.78, 5) is 36.7. The van der Waals surface area contributed by atoms with E-state index in [1.165, 1.54) is 18.3 Å². The van der Waals surface area contributed by atoms with Gasteiger partial charge in [-0.3, -0.25) is 10.1 Å². The van der Waals surface area contributed by atoms with Gasteiger partial charge in [0.2, 0.25) is 0 Å². The maximum absolute atomic E-state index is 11.4. The zero-order valence-corrected chi connectivity index (χ0v) is 13.8. The predicted molar refractivity (Wildman–Crippen MR) is 85.4 cm³/mol. The molecule has 1 rings (SSSR count). The second kappa shape index (κ2) is 9.90. The first-order valence-corrected chi connectivity index (χ1v) is 8.82. The Bertz CT molecular complexity index is 571. The topological polar surface area (TPSA) is 132 Å². The third-order valence-electron chi connectivity index (χ3n) is 2.35. The fourth-order valence-electron chi connectivity index (χ4n) is 1.30. The molecule has 9 nitrogen and oxygen atoms in total. The molecule has 1 aromatic rings. The Morgan fingerprint density at radius 1 is 1.57 bits per heavy atom. The van der Waals surface area contributed by atoms with Crippen LogP contribution in [0.1, 0.15) is 13.3 Å². The molecule has 126 valence electrons. The minimum absolute atomic E-state index is 0.00501. The molecule has 1 unspecified atom stereocenters. The minimum Gasteiger partial charge on any atom is -0.480 e. The van der Waals surface area contributed by atoms with E-state index in [0.29, 0.717) is 6.42 Å². The molecule has 2 N–H and O–H groups in total. The Balaban J connectivity index is 2.55. The lowest BCUT2D eigenvalue weighted by molar-refractivity contribution is -0.388. The van der Waals surface area contributed by atoms with E-state index in [1.807, 2.05) is 6.92 Å². The molecule has 0 aliphatic rings. The number of carboxylic acid groups (broad SMARTS) is 1. The molecule has 0 spiro atoms. The zero-order chi connectivity index (χ0) is 17.2. The number of hydrogen-bond donors (Lipinski definition) is 2. The molecule has 23 heavy (non-hydrogen) atoms. The number of carbonyl (C=O) groups is 2. The normalized spacial score (nSPS) is 11.5. The number of carboxylic acids is 1. The van der Waals surface area contributed by atoms with Gasteiger partial charge in [-0.15, -0.1) is 0 Å². The van der Waals surface area contributed by atoms with E-state index in [4.69, 9.17) is 9.84 Å². The molecule has 0 aromatic carbocycles. The molecule has 1 atom stereocenters. The van der Waals surface area contributed by atoms with E-state index >= 15 is 0 Å². The van der Waals surface area contributed by atoms with Crippen molar-refractivity contribution in [2.24, 2.45) is 0 Å². The molecule has 1 heterocycles. The van der Waals surface area contributed by atoms with E-state index in [1.54, 1.807) is 0 Å². The van der Waals surface area contributed by atoms with Crippen LogP contribution in [0.3, 0.4) is 0 Å². The lowest BCUT2D eigenvalue weighted by Crippen LogP contribution is -2.42. The van der Waals surface area contributed by atoms with Crippen molar-refractivity contribution in [1.29, 1.82) is 0 Å². The predicted octanol–water partition coefficient (Wildman–Crippen LogP) is 2.32. The molecule has 0 fully saturated rings. The summed E-state index contributed by atoms with van der Waals surface area (Å²) in [5, 5.41) is 22.3. The van der Waals surface area contributed by atoms with Crippen molar-refractivity contribution in [3.05, 3.63) is 28.4 Å². The monoisotopic (exact) mass is 361 g/mol. The summed E-state index contributed by atoms with van der Waals surface area (Å²) in [7, 11) is 2.01. The van der Waals surface area contributed by atoms with Crippen molar-refractivity contribution >= 4 is 39.3 Å². The van der Waals surface area contributed by atoms with Gasteiger partial charge in [0.15, 0.2) is 5.03 Å². The average molecular weight is 361 g/mol. The Labute approximate surface area is 139 Å². The molecule has 1 amide bonds. The Kier molecular flexibility index (Phi) is 8.19. The Hall–Kier alpha value is -2.01. The number of rotatable bonds is 9. The van der Waals surface area contributed by atoms with E-state index in [-0.39, 0.29) is 23.1 Å². The number of nitro groups is 1. The van der Waals surface area contributed by atoms with E-state index < -0.39 is 23.0 Å². The molecular weight excluding hydrogens is 346 g/mol. The number of hydrogen-bond acceptors (Lipinski definition) is 8. The van der Waals surface area contributed by atoms with Crippen LogP contribution in [0, 0.1) is 10.1 Å². The molecule has 0 aliphatic carbocycles. The summed E-state index contributed by atoms with van der Waals surface area (Å²) in [6.45, 7) is 2.01. The van der Waals surface area contributed by atoms with Crippen LogP contribution in [-0.2, 0) is 9.53 Å². The maximum atomic E-state index is 11.4. The highest BCUT2D eigenvalue weighted by Crippen LogP contribution is 2.35. The van der Waals surface area contributed by atoms with Gasteiger partial charge in [-0.1, -0.05) is 17.7 Å². The number of pyridine rings is 1. The summed E-state index contributed by atoms with van der Waals surface area (Å²) < 4.78 is 4.76. The first kappa shape index (κ1) is 19.0. The van der Waals surface area contributed by atoms with Gasteiger partial charge in [0.25, 0.3) is 0 Å². The SMILES string of the molecule is CCCOC(=O)NC(CSSc1ncccc1[N+](=O)[O-])C(=O)O. The number of nitrogens with zero attached hydrogens (tertiary/aromatic N) is 2. The molecule has 0 saturated heterocycles. The largest absolute Gasteiger partial charge is 0.480 e. The van der Waals surface area contributed by atoms with Gasteiger partial charge in [0, 0.05) is 18.0 Å². The first-order valence-electron chi connectivity index (χ1n) is 6.50. The fraction of sp³-hybridized carbons (Fsp3) is 0.417. The van der Waals surface area contributed by atoms with Crippen LogP contribution >= 0.6 is 21.6 Å². The Morgan fingerprint density at radius 3 is 2.91 bits per heavy atom. The summed E-state index contributed by atoms with van der Waals surface area (Å²) >= 11 is 0. The number of ether oxygens (including phenoxy) is 1. The molecule has 0 saturated carbocycles. The molecule has 11 heteroatoms. The Morgan fingerprint density at radius 2 is 2.30 bits per heavy atom. The number of alkyl carbamates (subject to hydrolysis) is 1. The number of nitrogens with one attached hydrogen (secondary N) is 1. The van der Waals surface area contributed by atoms with Crippen molar-refractivity contribution in [3.63, 3.8) is 0 Å². The highest BCUT2D eigenvalue weighted by molar-refractivity contribution is 8.76. The van der Waals surface area contributed by atoms with Crippen LogP contribution in [0.5, 0.6) is 0 Å². The maximum Gasteiger partial charge on any atom is 0.407 e. The van der Waals surface area contributed by atoms with Gasteiger partial charge in [-0.05, 0) is 23.3 Å². The molecule has 1 aromatic heterocycles. The van der Waals surface area contributed by atoms with Gasteiger partial charge in [-0.25, -0.2) is 14.6 Å². The van der Waals surface area contributed by atoms with Crippen molar-refractivity contribution in [2.45, 2.75) is 24.4 Å². The van der Waals surface area contributed by atoms with Crippen LogP contribution < -0.4 is 5.32 Å². The van der Waals surface area contributed by atoms with Crippen molar-refractivity contribution < 1.29 is 24.4 Å². The number of aliphatic carboxylic acids is 1. The van der Waals surface area contributed by atoms with Crippen molar-refractivity contribution in [2.75, 3.05) is 12.4 Å². The van der Waals surface area contributed by atoms with Crippen molar-refractivity contribution in [1.82, 2.24) is 10.3 Å². The highest BCUT2D eigenvalue weighted by atomic mass is 33.1. The second-order valence-corrected chi connectivity index (χ2v) is 6.45. The smallest absolute Gasteiger partial charge is 0.407 e. The summed E-state index contributed by atoms with van der Waals surface area (Å²) in [5.74, 6) is -1.23. The van der Waals surface area contributed by atoms with Gasteiger partial charge in [0.1, 0.15) is 6.04 Å². The van der Waals surface area contributed by atoms with Gasteiger partial charge >= 0.3 is 17.7 Å². The standard InChI is InChI=1S/C12H15N3O6S2/c1-2-6-21-12(18)14-8(11(16)17)7-22-23-10-9(15(19)20)4-3-5-13-10/h3-5,8H,2,6-7H2,1H3,(H,14,18)(H,16,17). The third-order valence-corrected chi connectivity index (χ3v) is 4.64. The van der Waals surface area contributed by atoms with Crippen molar-refractivity contribution in [3.8, 4) is 0 Å². The zero-order valence-electron chi connectivity index (χ0n) is 12.1. The van der Waals surface area contributed by atoms with Crippen LogP contribution in [-0.4, -0.2) is 45.5 Å². The van der Waals surface area contributed by atoms with Crippen LogP contribution in [0.15, 0.2) is 23.4 Å². The molecule has 0 bridgehead atoms. The lowest BCUT2D eigenvalue weighted by Gasteiger charge is -2.13. The van der Waals surface area contributed by atoms with Gasteiger partial charge in [0.05, 0.1) is 11.5 Å². The van der Waals surface area contributed by atoms with Crippen LogP contribution in [0.2, 0.25) is 0 Å². The average Bonchev–Trinajstić information content (AvgIpc) is 2.52. The summed E-state index contributed by atoms with van der Waals surface area (Å²) in [6.07, 6.45) is 1.22. The summed E-state index contributed by atoms with van der Waals surface area (Å²) in [6, 6.07) is 1.59. The molecular formula is C12H15N3O6S2. The van der Waals surface area contributed by atoms with Crippen LogP contribution in [0.4, 0.5) is 10.5 Å². The quantitative estimate of drug-likeness (QED) is 0.386. The summed E-state index contributed by atoms with van der Waals surface area (Å²) in [5.41, 5.74) is -0.160. The van der Waals surface area contributed by atoms with E-state index in [2.05, 4.69) is 10.3 Å². The molecule has 0 aliphatic heterocycles. The van der Waals surface area contributed by atoms with E-state index in [0.717, 1.165) is 21.6 Å². The number of carbonyl (C=O) groups excluding carboxylic acids is 1. The third kappa shape index (κ3) is 6.74. The lowest BCUT2D eigenvalue weighted by atomic mass is 10.3. The second-order valence-electron chi connectivity index (χ2n) is 4.12. The molecule has 0 radical (unpaired) electrons. The number of amides is 1.